The van der Waals surface area contributed by atoms with Crippen LogP contribution in [0.15, 0.2) is 48.5 Å². The van der Waals surface area contributed by atoms with E-state index >= 15 is 0 Å². The zero-order chi connectivity index (χ0) is 20.1. The maximum absolute atomic E-state index is 12.5. The maximum Gasteiger partial charge on any atom is 0.275 e. The number of quaternary nitrogens is 1. The van der Waals surface area contributed by atoms with E-state index in [9.17, 15) is 9.59 Å². The predicted octanol–water partition coefficient (Wildman–Crippen LogP) is 2.21. The van der Waals surface area contributed by atoms with Gasteiger partial charge in [-0.25, -0.2) is 0 Å². The van der Waals surface area contributed by atoms with Crippen LogP contribution >= 0.6 is 23.2 Å². The van der Waals surface area contributed by atoms with E-state index in [1.165, 1.54) is 4.90 Å². The van der Waals surface area contributed by atoms with Crippen LogP contribution in [0.4, 0.5) is 0 Å². The number of amides is 2. The Morgan fingerprint density at radius 1 is 1.07 bits per heavy atom. The zero-order valence-electron chi connectivity index (χ0n) is 15.8. The molecule has 2 aromatic carbocycles. The van der Waals surface area contributed by atoms with E-state index in [-0.39, 0.29) is 17.9 Å². The summed E-state index contributed by atoms with van der Waals surface area (Å²) >= 11 is 12.0. The van der Waals surface area contributed by atoms with Gasteiger partial charge in [0.1, 0.15) is 0 Å². The summed E-state index contributed by atoms with van der Waals surface area (Å²) in [6.45, 7) is 5.12. The number of nitrogens with one attached hydrogen (secondary N) is 2. The molecule has 0 radical (unpaired) electrons. The molecule has 148 valence electrons. The molecule has 0 spiro atoms. The molecule has 0 bridgehead atoms. The summed E-state index contributed by atoms with van der Waals surface area (Å²) in [4.78, 5) is 27.9. The third kappa shape index (κ3) is 5.25. The highest BCUT2D eigenvalue weighted by molar-refractivity contribution is 6.42. The van der Waals surface area contributed by atoms with Crippen LogP contribution < -0.4 is 10.2 Å². The summed E-state index contributed by atoms with van der Waals surface area (Å²) in [6.07, 6.45) is 0. The number of hydrogen-bond donors (Lipinski definition) is 2. The molecule has 1 atom stereocenters. The van der Waals surface area contributed by atoms with Gasteiger partial charge in [-0.3, -0.25) is 9.59 Å². The third-order valence-electron chi connectivity index (χ3n) is 5.01. The normalized spacial score (nSPS) is 15.9. The summed E-state index contributed by atoms with van der Waals surface area (Å²) in [5.74, 6) is 0.0359. The third-order valence-corrected chi connectivity index (χ3v) is 5.75. The second kappa shape index (κ2) is 9.41. The fraction of sp³-hybridized carbons (Fsp3) is 0.333. The largest absolute Gasteiger partial charge is 0.345 e. The van der Waals surface area contributed by atoms with Gasteiger partial charge < -0.3 is 15.1 Å². The lowest BCUT2D eigenvalue weighted by Gasteiger charge is -2.32. The van der Waals surface area contributed by atoms with Crippen LogP contribution in [0.1, 0.15) is 28.9 Å². The molecular formula is C21H24Cl2N3O2+. The van der Waals surface area contributed by atoms with Crippen molar-refractivity contribution in [3.8, 4) is 0 Å². The number of carbonyl (C=O) groups is 2. The Balaban J connectivity index is 1.47. The molecule has 5 nitrogen and oxygen atoms in total. The molecule has 2 amide bonds. The van der Waals surface area contributed by atoms with Gasteiger partial charge in [-0.05, 0) is 36.8 Å². The SMILES string of the molecule is C[C@@H](NC(=O)C[NH+]1CCN(C(=O)c2ccccc2)CC1)c1ccc(Cl)c(Cl)c1. The molecule has 7 heteroatoms. The molecule has 0 unspecified atom stereocenters. The van der Waals surface area contributed by atoms with Gasteiger partial charge in [-0.2, -0.15) is 0 Å². The Morgan fingerprint density at radius 2 is 1.75 bits per heavy atom. The van der Waals surface area contributed by atoms with Crippen molar-refractivity contribution in [2.24, 2.45) is 0 Å². The fourth-order valence-corrected chi connectivity index (χ4v) is 3.66. The highest BCUT2D eigenvalue weighted by Crippen LogP contribution is 2.25. The first-order valence-corrected chi connectivity index (χ1v) is 10.1. The lowest BCUT2D eigenvalue weighted by Crippen LogP contribution is -3.15. The number of piperazine rings is 1. The van der Waals surface area contributed by atoms with Crippen LogP contribution in [0.3, 0.4) is 0 Å². The van der Waals surface area contributed by atoms with E-state index in [0.717, 1.165) is 18.7 Å². The van der Waals surface area contributed by atoms with Crippen LogP contribution in [0.2, 0.25) is 10.0 Å². The Hall–Kier alpha value is -2.08. The lowest BCUT2D eigenvalue weighted by atomic mass is 10.1. The van der Waals surface area contributed by atoms with Crippen molar-refractivity contribution in [1.82, 2.24) is 10.2 Å². The van der Waals surface area contributed by atoms with Crippen molar-refractivity contribution in [2.45, 2.75) is 13.0 Å². The highest BCUT2D eigenvalue weighted by atomic mass is 35.5. The smallest absolute Gasteiger partial charge is 0.275 e. The van der Waals surface area contributed by atoms with Gasteiger partial charge in [0.2, 0.25) is 0 Å². The summed E-state index contributed by atoms with van der Waals surface area (Å²) in [5, 5.41) is 3.98. The topological polar surface area (TPSA) is 53.9 Å². The van der Waals surface area contributed by atoms with Crippen LogP contribution in [0, 0.1) is 0 Å². The standard InChI is InChI=1S/C21H23Cl2N3O2/c1-15(17-7-8-18(22)19(23)13-17)24-20(27)14-25-9-11-26(12-10-25)21(28)16-5-3-2-4-6-16/h2-8,13,15H,9-12,14H2,1H3,(H,24,27)/p+1/t15-/m1/s1. The molecule has 1 aliphatic heterocycles. The summed E-state index contributed by atoms with van der Waals surface area (Å²) in [6, 6.07) is 14.5. The fourth-order valence-electron chi connectivity index (χ4n) is 3.35. The van der Waals surface area contributed by atoms with Crippen LogP contribution in [0.25, 0.3) is 0 Å². The van der Waals surface area contributed by atoms with E-state index < -0.39 is 0 Å². The second-order valence-electron chi connectivity index (χ2n) is 7.05. The minimum absolute atomic E-state index is 0.0172. The first-order chi connectivity index (χ1) is 13.4. The molecule has 1 fully saturated rings. The monoisotopic (exact) mass is 420 g/mol. The minimum atomic E-state index is -0.150. The Kier molecular flexibility index (Phi) is 6.94. The van der Waals surface area contributed by atoms with Gasteiger partial charge in [0.15, 0.2) is 6.54 Å². The molecule has 1 aliphatic rings. The van der Waals surface area contributed by atoms with Crippen molar-refractivity contribution >= 4 is 35.0 Å². The van der Waals surface area contributed by atoms with Crippen molar-refractivity contribution in [3.63, 3.8) is 0 Å². The summed E-state index contributed by atoms with van der Waals surface area (Å²) in [5.41, 5.74) is 1.62. The number of rotatable bonds is 5. The average molecular weight is 421 g/mol. The Labute approximate surface area is 175 Å². The molecule has 1 saturated heterocycles. The molecule has 0 saturated carbocycles. The van der Waals surface area contributed by atoms with Crippen molar-refractivity contribution < 1.29 is 14.5 Å². The molecule has 28 heavy (non-hydrogen) atoms. The van der Waals surface area contributed by atoms with Crippen molar-refractivity contribution in [2.75, 3.05) is 32.7 Å². The lowest BCUT2D eigenvalue weighted by molar-refractivity contribution is -0.896. The minimum Gasteiger partial charge on any atom is -0.345 e. The maximum atomic E-state index is 12.5. The van der Waals surface area contributed by atoms with Crippen molar-refractivity contribution in [3.05, 3.63) is 69.7 Å². The number of hydrogen-bond acceptors (Lipinski definition) is 2. The van der Waals surface area contributed by atoms with E-state index in [1.54, 1.807) is 12.1 Å². The molecule has 0 aliphatic carbocycles. The number of nitrogens with zero attached hydrogens (tertiary/aromatic N) is 1. The van der Waals surface area contributed by atoms with E-state index in [4.69, 9.17) is 23.2 Å². The predicted molar refractivity (Wildman–Crippen MR) is 111 cm³/mol. The highest BCUT2D eigenvalue weighted by Gasteiger charge is 2.26. The van der Waals surface area contributed by atoms with Gasteiger partial charge in [0.05, 0.1) is 42.3 Å². The number of carbonyl (C=O) groups excluding carboxylic acids is 2. The van der Waals surface area contributed by atoms with E-state index in [1.807, 2.05) is 48.2 Å². The zero-order valence-corrected chi connectivity index (χ0v) is 17.3. The number of benzene rings is 2. The molecule has 0 aromatic heterocycles. The molecular weight excluding hydrogens is 397 g/mol. The molecule has 3 rings (SSSR count). The first kappa shape index (κ1) is 20.6. The molecule has 2 aromatic rings. The van der Waals surface area contributed by atoms with Gasteiger partial charge in [0, 0.05) is 5.56 Å². The molecule has 1 heterocycles. The van der Waals surface area contributed by atoms with Crippen LogP contribution in [0.5, 0.6) is 0 Å². The quantitative estimate of drug-likeness (QED) is 0.778. The van der Waals surface area contributed by atoms with E-state index in [2.05, 4.69) is 5.32 Å². The van der Waals surface area contributed by atoms with Gasteiger partial charge in [-0.15, -0.1) is 0 Å². The molecule has 2 N–H and O–H groups in total. The van der Waals surface area contributed by atoms with E-state index in [0.29, 0.717) is 35.2 Å². The first-order valence-electron chi connectivity index (χ1n) is 9.36. The Bertz CT molecular complexity index is 837. The summed E-state index contributed by atoms with van der Waals surface area (Å²) in [7, 11) is 0. The second-order valence-corrected chi connectivity index (χ2v) is 7.86. The Morgan fingerprint density at radius 3 is 2.39 bits per heavy atom. The van der Waals surface area contributed by atoms with Crippen LogP contribution in [-0.4, -0.2) is 49.4 Å². The van der Waals surface area contributed by atoms with Gasteiger partial charge >= 0.3 is 0 Å². The van der Waals surface area contributed by atoms with Gasteiger partial charge in [-0.1, -0.05) is 47.5 Å². The number of halogens is 2. The van der Waals surface area contributed by atoms with Gasteiger partial charge in [0.25, 0.3) is 11.8 Å². The van der Waals surface area contributed by atoms with Crippen LogP contribution in [-0.2, 0) is 4.79 Å². The summed E-state index contributed by atoms with van der Waals surface area (Å²) < 4.78 is 0. The average Bonchev–Trinajstić information content (AvgIpc) is 2.70. The van der Waals surface area contributed by atoms with Crippen molar-refractivity contribution in [1.29, 1.82) is 0 Å².